The third-order valence-corrected chi connectivity index (χ3v) is 5.45. The average Bonchev–Trinajstić information content (AvgIpc) is 3.12. The fourth-order valence-electron chi connectivity index (χ4n) is 3.77. The Morgan fingerprint density at radius 2 is 1.79 bits per heavy atom. The molecule has 3 aromatic rings. The van der Waals surface area contributed by atoms with Gasteiger partial charge in [-0.3, -0.25) is 9.36 Å². The summed E-state index contributed by atoms with van der Waals surface area (Å²) >= 11 is 12.3. The molecule has 2 heterocycles. The van der Waals surface area contributed by atoms with Crippen LogP contribution in [0.5, 0.6) is 0 Å². The van der Waals surface area contributed by atoms with Crippen molar-refractivity contribution < 1.29 is 4.79 Å². The zero-order valence-corrected chi connectivity index (χ0v) is 16.8. The summed E-state index contributed by atoms with van der Waals surface area (Å²) in [6, 6.07) is 14.4. The number of fused-ring (bicyclic) bond motifs is 1. The highest BCUT2D eigenvalue weighted by atomic mass is 35.5. The number of hydrogen-bond donors (Lipinski definition) is 0. The lowest BCUT2D eigenvalue weighted by Gasteiger charge is -2.26. The number of carbonyl (C=O) groups excluding carboxylic acids is 1. The highest BCUT2D eigenvalue weighted by Gasteiger charge is 2.49. The molecule has 1 aliphatic rings. The Bertz CT molecular complexity index is 1110. The molecule has 4 rings (SSSR count). The summed E-state index contributed by atoms with van der Waals surface area (Å²) in [5, 5.41) is 9.90. The van der Waals surface area contributed by atoms with Crippen molar-refractivity contribution in [2.24, 2.45) is 0 Å². The minimum atomic E-state index is -0.862. The van der Waals surface area contributed by atoms with E-state index in [1.807, 2.05) is 30.5 Å². The molecule has 7 heteroatoms. The average molecular weight is 411 g/mol. The van der Waals surface area contributed by atoms with E-state index in [-0.39, 0.29) is 5.91 Å². The summed E-state index contributed by atoms with van der Waals surface area (Å²) in [4.78, 5) is 19.6. The molecule has 140 valence electrons. The van der Waals surface area contributed by atoms with Gasteiger partial charge in [0, 0.05) is 22.2 Å². The SMILES string of the molecule is Cc1cnc2n1[C@](C)(Cc1ccc(C#N)cc1)C(=O)N2c1cc(Cl)cc(Cl)c1. The van der Waals surface area contributed by atoms with Gasteiger partial charge in [-0.05, 0) is 49.7 Å². The van der Waals surface area contributed by atoms with Crippen LogP contribution in [0.15, 0.2) is 48.7 Å². The quantitative estimate of drug-likeness (QED) is 0.609. The first-order valence-corrected chi connectivity index (χ1v) is 9.43. The van der Waals surface area contributed by atoms with E-state index in [1.165, 1.54) is 0 Å². The predicted molar refractivity (Wildman–Crippen MR) is 109 cm³/mol. The van der Waals surface area contributed by atoms with E-state index in [1.54, 1.807) is 41.4 Å². The highest BCUT2D eigenvalue weighted by Crippen LogP contribution is 2.43. The maximum absolute atomic E-state index is 13.6. The molecule has 1 aliphatic heterocycles. The molecule has 1 amide bonds. The minimum Gasteiger partial charge on any atom is -0.299 e. The second-order valence-electron chi connectivity index (χ2n) is 7.06. The molecule has 1 aromatic heterocycles. The van der Waals surface area contributed by atoms with E-state index in [9.17, 15) is 4.79 Å². The number of aromatic nitrogens is 2. The lowest BCUT2D eigenvalue weighted by atomic mass is 9.91. The van der Waals surface area contributed by atoms with Gasteiger partial charge in [0.15, 0.2) is 0 Å². The van der Waals surface area contributed by atoms with Crippen LogP contribution in [0.25, 0.3) is 0 Å². The van der Waals surface area contributed by atoms with E-state index in [0.717, 1.165) is 11.3 Å². The molecule has 0 aliphatic carbocycles. The van der Waals surface area contributed by atoms with E-state index in [0.29, 0.717) is 33.7 Å². The fraction of sp³-hybridized carbons (Fsp3) is 0.190. The van der Waals surface area contributed by atoms with Crippen molar-refractivity contribution in [3.63, 3.8) is 0 Å². The summed E-state index contributed by atoms with van der Waals surface area (Å²) in [5.41, 5.74) is 2.15. The van der Waals surface area contributed by atoms with Gasteiger partial charge in [0.05, 0.1) is 23.5 Å². The first kappa shape index (κ1) is 18.5. The zero-order chi connectivity index (χ0) is 20.1. The highest BCUT2D eigenvalue weighted by molar-refractivity contribution is 6.35. The van der Waals surface area contributed by atoms with Crippen LogP contribution < -0.4 is 4.90 Å². The molecule has 1 atom stereocenters. The Balaban J connectivity index is 1.81. The second-order valence-corrected chi connectivity index (χ2v) is 7.94. The predicted octanol–water partition coefficient (Wildman–Crippen LogP) is 5.01. The Kier molecular flexibility index (Phi) is 4.41. The first-order chi connectivity index (χ1) is 13.3. The van der Waals surface area contributed by atoms with Crippen molar-refractivity contribution in [2.45, 2.75) is 25.8 Å². The van der Waals surface area contributed by atoms with Gasteiger partial charge in [0.25, 0.3) is 5.91 Å². The van der Waals surface area contributed by atoms with E-state index >= 15 is 0 Å². The van der Waals surface area contributed by atoms with Crippen molar-refractivity contribution in [3.8, 4) is 6.07 Å². The molecule has 2 aromatic carbocycles. The normalized spacial score (nSPS) is 18.2. The van der Waals surface area contributed by atoms with Crippen molar-refractivity contribution in [3.05, 3.63) is 75.5 Å². The van der Waals surface area contributed by atoms with Crippen LogP contribution in [-0.4, -0.2) is 15.5 Å². The zero-order valence-electron chi connectivity index (χ0n) is 15.3. The van der Waals surface area contributed by atoms with Gasteiger partial charge in [-0.2, -0.15) is 5.26 Å². The summed E-state index contributed by atoms with van der Waals surface area (Å²) in [6.07, 6.45) is 2.21. The molecule has 28 heavy (non-hydrogen) atoms. The number of aryl methyl sites for hydroxylation is 1. The fourth-order valence-corrected chi connectivity index (χ4v) is 4.28. The first-order valence-electron chi connectivity index (χ1n) is 8.68. The number of anilines is 2. The standard InChI is InChI=1S/C21H16Cl2N4O/c1-13-12-25-20-26(18-8-16(22)7-17(23)9-18)19(28)21(2,27(13)20)10-14-3-5-15(11-24)6-4-14/h3-9,12H,10H2,1-2H3/t21-/m1/s1. The van der Waals surface area contributed by atoms with Crippen LogP contribution in [0.3, 0.4) is 0 Å². The number of amides is 1. The van der Waals surface area contributed by atoms with Gasteiger partial charge in [-0.1, -0.05) is 35.3 Å². The molecule has 0 unspecified atom stereocenters. The molecule has 0 N–H and O–H groups in total. The van der Waals surface area contributed by atoms with Crippen LogP contribution in [0, 0.1) is 18.3 Å². The monoisotopic (exact) mass is 410 g/mol. The number of benzene rings is 2. The van der Waals surface area contributed by atoms with Crippen LogP contribution in [0.1, 0.15) is 23.7 Å². The number of imidazole rings is 1. The lowest BCUT2D eigenvalue weighted by Crippen LogP contribution is -2.41. The van der Waals surface area contributed by atoms with Gasteiger partial charge in [-0.25, -0.2) is 9.88 Å². The third-order valence-electron chi connectivity index (χ3n) is 5.01. The van der Waals surface area contributed by atoms with E-state index in [2.05, 4.69) is 11.1 Å². The Labute approximate surface area is 172 Å². The molecule has 0 radical (unpaired) electrons. The summed E-state index contributed by atoms with van der Waals surface area (Å²) in [7, 11) is 0. The molecule has 0 saturated carbocycles. The Hall–Kier alpha value is -2.81. The summed E-state index contributed by atoms with van der Waals surface area (Å²) < 4.78 is 1.95. The second kappa shape index (κ2) is 6.66. The van der Waals surface area contributed by atoms with Crippen LogP contribution >= 0.6 is 23.2 Å². The van der Waals surface area contributed by atoms with Crippen molar-refractivity contribution >= 4 is 40.7 Å². The molecule has 0 spiro atoms. The van der Waals surface area contributed by atoms with Crippen LogP contribution in [0.2, 0.25) is 10.0 Å². The molecular weight excluding hydrogens is 395 g/mol. The number of rotatable bonds is 3. The molecule has 0 saturated heterocycles. The van der Waals surface area contributed by atoms with Gasteiger partial charge in [0.2, 0.25) is 5.95 Å². The number of carbonyl (C=O) groups is 1. The molecule has 0 bridgehead atoms. The van der Waals surface area contributed by atoms with Crippen LogP contribution in [0.4, 0.5) is 11.6 Å². The summed E-state index contributed by atoms with van der Waals surface area (Å²) in [6.45, 7) is 3.83. The largest absolute Gasteiger partial charge is 0.299 e. The van der Waals surface area contributed by atoms with E-state index in [4.69, 9.17) is 28.5 Å². The summed E-state index contributed by atoms with van der Waals surface area (Å²) in [5.74, 6) is 0.429. The molecule has 0 fully saturated rings. The number of halogens is 2. The topological polar surface area (TPSA) is 61.9 Å². The smallest absolute Gasteiger partial charge is 0.260 e. The minimum absolute atomic E-state index is 0.110. The third kappa shape index (κ3) is 2.86. The van der Waals surface area contributed by atoms with Gasteiger partial charge in [-0.15, -0.1) is 0 Å². The Morgan fingerprint density at radius 1 is 1.14 bits per heavy atom. The maximum atomic E-state index is 13.6. The molecular formula is C21H16Cl2N4O. The maximum Gasteiger partial charge on any atom is 0.260 e. The number of hydrogen-bond acceptors (Lipinski definition) is 3. The van der Waals surface area contributed by atoms with Gasteiger partial charge < -0.3 is 0 Å². The number of nitrogens with zero attached hydrogens (tertiary/aromatic N) is 4. The molecule has 5 nitrogen and oxygen atoms in total. The lowest BCUT2D eigenvalue weighted by molar-refractivity contribution is -0.123. The number of nitriles is 1. The van der Waals surface area contributed by atoms with Gasteiger partial charge >= 0.3 is 0 Å². The van der Waals surface area contributed by atoms with E-state index < -0.39 is 5.54 Å². The van der Waals surface area contributed by atoms with Gasteiger partial charge in [0.1, 0.15) is 5.54 Å². The van der Waals surface area contributed by atoms with Crippen LogP contribution in [-0.2, 0) is 16.8 Å². The van der Waals surface area contributed by atoms with Crippen molar-refractivity contribution in [1.29, 1.82) is 5.26 Å². The van der Waals surface area contributed by atoms with Crippen molar-refractivity contribution in [2.75, 3.05) is 4.90 Å². The van der Waals surface area contributed by atoms with Crippen molar-refractivity contribution in [1.82, 2.24) is 9.55 Å². The Morgan fingerprint density at radius 3 is 2.39 bits per heavy atom.